The van der Waals surface area contributed by atoms with E-state index in [4.69, 9.17) is 22.3 Å². The van der Waals surface area contributed by atoms with Gasteiger partial charge in [-0.05, 0) is 44.0 Å². The summed E-state index contributed by atoms with van der Waals surface area (Å²) in [5.41, 5.74) is 6.67. The first-order valence-electron chi connectivity index (χ1n) is 11.3. The van der Waals surface area contributed by atoms with Gasteiger partial charge in [-0.1, -0.05) is 24.6 Å². The van der Waals surface area contributed by atoms with Crippen LogP contribution in [0.15, 0.2) is 42.4 Å². The molecule has 0 unspecified atom stereocenters. The van der Waals surface area contributed by atoms with Gasteiger partial charge in [-0.15, -0.1) is 0 Å². The lowest BCUT2D eigenvalue weighted by Crippen LogP contribution is -2.54. The number of amides is 1. The summed E-state index contributed by atoms with van der Waals surface area (Å²) in [6, 6.07) is 5.66. The molecule has 1 aliphatic rings. The average Bonchev–Trinajstić information content (AvgIpc) is 2.80. The van der Waals surface area contributed by atoms with Crippen LogP contribution in [0, 0.1) is 5.92 Å². The van der Waals surface area contributed by atoms with Gasteiger partial charge in [0.15, 0.2) is 5.82 Å². The lowest BCUT2D eigenvalue weighted by molar-refractivity contribution is -0.125. The van der Waals surface area contributed by atoms with Crippen molar-refractivity contribution in [3.05, 3.63) is 47.4 Å². The summed E-state index contributed by atoms with van der Waals surface area (Å²) in [6.45, 7) is 7.99. The molecule has 4 N–H and O–H groups in total. The van der Waals surface area contributed by atoms with E-state index in [1.807, 2.05) is 36.2 Å². The summed E-state index contributed by atoms with van der Waals surface area (Å²) < 4.78 is 0. The molecular formula is C23H33ClN8O. The van der Waals surface area contributed by atoms with Crippen molar-refractivity contribution in [1.29, 1.82) is 0 Å². The van der Waals surface area contributed by atoms with Gasteiger partial charge < -0.3 is 26.2 Å². The summed E-state index contributed by atoms with van der Waals surface area (Å²) in [4.78, 5) is 30.0. The van der Waals surface area contributed by atoms with Crippen molar-refractivity contribution in [2.24, 2.45) is 11.7 Å². The quantitative estimate of drug-likeness (QED) is 0.432. The largest absolute Gasteiger partial charge is 0.353 e. The summed E-state index contributed by atoms with van der Waals surface area (Å²) in [5, 5.41) is 6.61. The zero-order chi connectivity index (χ0) is 23.6. The molecule has 0 saturated carbocycles. The summed E-state index contributed by atoms with van der Waals surface area (Å²) in [6.07, 6.45) is 7.08. The molecule has 1 saturated heterocycles. The number of carbonyl (C=O) groups is 1. The molecule has 1 fully saturated rings. The minimum Gasteiger partial charge on any atom is -0.353 e. The highest BCUT2D eigenvalue weighted by Gasteiger charge is 2.34. The predicted octanol–water partition coefficient (Wildman–Crippen LogP) is 2.66. The number of aromatic nitrogens is 3. The van der Waals surface area contributed by atoms with E-state index in [0.29, 0.717) is 43.0 Å². The molecule has 0 radical (unpaired) electrons. The van der Waals surface area contributed by atoms with E-state index in [0.717, 1.165) is 37.3 Å². The molecule has 1 amide bonds. The molecule has 3 heterocycles. The Morgan fingerprint density at radius 2 is 2.15 bits per heavy atom. The molecule has 2 aromatic rings. The third-order valence-corrected chi connectivity index (χ3v) is 5.61. The number of nitrogens with two attached hydrogens (primary N) is 1. The standard InChI is InChI=1S/C23H33ClN8O/c1-3-10-31(11-6-8-25)23-29-14-19(24)21(30-23)32-15-18(16-32)22(33)28-13-17(2)12-27-20-7-4-5-9-26-20/h4-5,7,9,12,14,18H,3,6,8,10-11,13,15-16,25H2,1-2H3,(H,26,27)(H,28,33)/b17-12+. The number of halogens is 1. The first-order valence-corrected chi connectivity index (χ1v) is 11.7. The van der Waals surface area contributed by atoms with Crippen LogP contribution in [0.1, 0.15) is 26.7 Å². The number of rotatable bonds is 12. The van der Waals surface area contributed by atoms with Gasteiger partial charge in [-0.2, -0.15) is 4.98 Å². The summed E-state index contributed by atoms with van der Waals surface area (Å²) in [5.74, 6) is 2.02. The van der Waals surface area contributed by atoms with Crippen LogP contribution in [-0.2, 0) is 4.79 Å². The van der Waals surface area contributed by atoms with Gasteiger partial charge in [-0.3, -0.25) is 4.79 Å². The molecule has 2 aromatic heterocycles. The predicted molar refractivity (Wildman–Crippen MR) is 134 cm³/mol. The fourth-order valence-electron chi connectivity index (χ4n) is 3.47. The fourth-order valence-corrected chi connectivity index (χ4v) is 3.68. The van der Waals surface area contributed by atoms with Gasteiger partial charge in [0.05, 0.1) is 12.1 Å². The third-order valence-electron chi connectivity index (χ3n) is 5.35. The second-order valence-corrected chi connectivity index (χ2v) is 8.55. The molecule has 0 aromatic carbocycles. The summed E-state index contributed by atoms with van der Waals surface area (Å²) >= 11 is 6.38. The van der Waals surface area contributed by atoms with Crippen LogP contribution >= 0.6 is 11.6 Å². The highest BCUT2D eigenvalue weighted by Crippen LogP contribution is 2.30. The Morgan fingerprint density at radius 1 is 1.33 bits per heavy atom. The zero-order valence-electron chi connectivity index (χ0n) is 19.3. The number of pyridine rings is 1. The number of hydrogen-bond donors (Lipinski definition) is 3. The van der Waals surface area contributed by atoms with Gasteiger partial charge in [-0.25, -0.2) is 9.97 Å². The van der Waals surface area contributed by atoms with Crippen molar-refractivity contribution >= 4 is 35.1 Å². The van der Waals surface area contributed by atoms with E-state index in [9.17, 15) is 4.79 Å². The number of carbonyl (C=O) groups excluding carboxylic acids is 1. The number of hydrogen-bond acceptors (Lipinski definition) is 8. The molecule has 10 heteroatoms. The molecule has 0 aliphatic carbocycles. The molecule has 1 aliphatic heterocycles. The van der Waals surface area contributed by atoms with Crippen LogP contribution in [0.3, 0.4) is 0 Å². The molecule has 3 rings (SSSR count). The number of anilines is 3. The number of nitrogens with zero attached hydrogens (tertiary/aromatic N) is 5. The maximum Gasteiger partial charge on any atom is 0.227 e. The second kappa shape index (κ2) is 12.4. The lowest BCUT2D eigenvalue weighted by atomic mass is 9.99. The van der Waals surface area contributed by atoms with E-state index >= 15 is 0 Å². The van der Waals surface area contributed by atoms with Crippen molar-refractivity contribution < 1.29 is 4.79 Å². The minimum absolute atomic E-state index is 0.0257. The molecular weight excluding hydrogens is 440 g/mol. The zero-order valence-corrected chi connectivity index (χ0v) is 20.1. The highest BCUT2D eigenvalue weighted by molar-refractivity contribution is 6.32. The van der Waals surface area contributed by atoms with Crippen LogP contribution in [0.5, 0.6) is 0 Å². The Morgan fingerprint density at radius 3 is 2.85 bits per heavy atom. The smallest absolute Gasteiger partial charge is 0.227 e. The van der Waals surface area contributed by atoms with Crippen molar-refractivity contribution in [3.8, 4) is 0 Å². The Hall–Kier alpha value is -2.91. The molecule has 9 nitrogen and oxygen atoms in total. The van der Waals surface area contributed by atoms with Gasteiger partial charge in [0.25, 0.3) is 0 Å². The topological polar surface area (TPSA) is 112 Å². The van der Waals surface area contributed by atoms with E-state index in [2.05, 4.69) is 32.4 Å². The van der Waals surface area contributed by atoms with Crippen LogP contribution in [-0.4, -0.2) is 60.1 Å². The molecule has 178 valence electrons. The maximum atomic E-state index is 12.6. The van der Waals surface area contributed by atoms with E-state index < -0.39 is 0 Å². The monoisotopic (exact) mass is 472 g/mol. The second-order valence-electron chi connectivity index (χ2n) is 8.14. The SMILES string of the molecule is CCCN(CCCN)c1ncc(Cl)c(N2CC(C(=O)NC/C(C)=C/Nc3ccccn3)C2)n1. The maximum absolute atomic E-state index is 12.6. The Balaban J connectivity index is 1.51. The molecule has 0 spiro atoms. The van der Waals surface area contributed by atoms with Crippen molar-refractivity contribution in [2.75, 3.05) is 54.4 Å². The summed E-state index contributed by atoms with van der Waals surface area (Å²) in [7, 11) is 0. The fraction of sp³-hybridized carbons (Fsp3) is 0.478. The number of nitrogens with one attached hydrogen (secondary N) is 2. The van der Waals surface area contributed by atoms with Gasteiger partial charge >= 0.3 is 0 Å². The third kappa shape index (κ3) is 7.03. The van der Waals surface area contributed by atoms with Gasteiger partial charge in [0.1, 0.15) is 10.8 Å². The molecule has 0 atom stereocenters. The van der Waals surface area contributed by atoms with Gasteiger partial charge in [0, 0.05) is 45.1 Å². The minimum atomic E-state index is -0.0972. The van der Waals surface area contributed by atoms with E-state index in [-0.39, 0.29) is 11.8 Å². The van der Waals surface area contributed by atoms with Crippen molar-refractivity contribution in [1.82, 2.24) is 20.3 Å². The molecule has 0 bridgehead atoms. The average molecular weight is 473 g/mol. The Kier molecular flexibility index (Phi) is 9.26. The highest BCUT2D eigenvalue weighted by atomic mass is 35.5. The Bertz CT molecular complexity index is 933. The van der Waals surface area contributed by atoms with E-state index in [1.165, 1.54) is 0 Å². The first kappa shape index (κ1) is 24.7. The van der Waals surface area contributed by atoms with Crippen molar-refractivity contribution in [2.45, 2.75) is 26.7 Å². The van der Waals surface area contributed by atoms with E-state index in [1.54, 1.807) is 12.4 Å². The van der Waals surface area contributed by atoms with Crippen LogP contribution < -0.4 is 26.2 Å². The first-order chi connectivity index (χ1) is 16.0. The van der Waals surface area contributed by atoms with Crippen LogP contribution in [0.2, 0.25) is 5.02 Å². The normalized spacial score (nSPS) is 14.1. The Labute approximate surface area is 200 Å². The van der Waals surface area contributed by atoms with Crippen LogP contribution in [0.25, 0.3) is 0 Å². The lowest BCUT2D eigenvalue weighted by Gasteiger charge is -2.39. The van der Waals surface area contributed by atoms with Gasteiger partial charge in [0.2, 0.25) is 11.9 Å². The van der Waals surface area contributed by atoms with Crippen LogP contribution in [0.4, 0.5) is 17.6 Å². The van der Waals surface area contributed by atoms with Crippen molar-refractivity contribution in [3.63, 3.8) is 0 Å². The molecule has 33 heavy (non-hydrogen) atoms.